The molecular formula is C25H42O5. The fourth-order valence-electron chi connectivity index (χ4n) is 8.91. The molecule has 5 heteroatoms. The quantitative estimate of drug-likeness (QED) is 0.621. The molecule has 0 amide bonds. The summed E-state index contributed by atoms with van der Waals surface area (Å²) in [4.78, 5) is 11.1. The van der Waals surface area contributed by atoms with Crippen molar-refractivity contribution in [2.24, 2.45) is 46.3 Å². The Bertz CT molecular complexity index is 651. The van der Waals surface area contributed by atoms with Crippen molar-refractivity contribution in [2.75, 3.05) is 7.11 Å². The van der Waals surface area contributed by atoms with Gasteiger partial charge in [0, 0.05) is 13.5 Å². The monoisotopic (exact) mass is 422 g/mol. The zero-order chi connectivity index (χ0) is 21.8. The van der Waals surface area contributed by atoms with Crippen molar-refractivity contribution < 1.29 is 24.9 Å². The number of hydrogen-bond acceptors (Lipinski definition) is 4. The maximum absolute atomic E-state index is 11.6. The molecule has 4 rings (SSSR count). The van der Waals surface area contributed by atoms with E-state index >= 15 is 0 Å². The molecular weight excluding hydrogens is 380 g/mol. The largest absolute Gasteiger partial charge is 0.481 e. The smallest absolute Gasteiger partial charge is 0.303 e. The van der Waals surface area contributed by atoms with Crippen LogP contribution in [0, 0.1) is 46.3 Å². The maximum Gasteiger partial charge on any atom is 0.303 e. The number of aliphatic hydroxyl groups excluding tert-OH is 2. The number of rotatable bonds is 5. The number of hydrogen-bond donors (Lipinski definition) is 3. The lowest BCUT2D eigenvalue weighted by molar-refractivity contribution is -0.212. The topological polar surface area (TPSA) is 87.0 Å². The second kappa shape index (κ2) is 8.04. The first-order valence-electron chi connectivity index (χ1n) is 12.2. The van der Waals surface area contributed by atoms with Crippen LogP contribution in [-0.2, 0) is 9.53 Å². The molecule has 0 bridgehead atoms. The third kappa shape index (κ3) is 3.34. The standard InChI is InChI=1S/C25H42O5/c1-14(5-8-22(28)29)17-6-7-18-23-19(13-21(27)25(17,18)3)24(2)10-9-16(26)11-15(24)12-20(23)30-4/h14-21,23,26-27H,5-13H2,1-4H3,(H,28,29). The van der Waals surface area contributed by atoms with Crippen LogP contribution < -0.4 is 0 Å². The van der Waals surface area contributed by atoms with Crippen molar-refractivity contribution in [1.82, 2.24) is 0 Å². The van der Waals surface area contributed by atoms with Gasteiger partial charge in [0.25, 0.3) is 0 Å². The molecule has 11 atom stereocenters. The van der Waals surface area contributed by atoms with Gasteiger partial charge in [-0.15, -0.1) is 0 Å². The molecule has 4 fully saturated rings. The summed E-state index contributed by atoms with van der Waals surface area (Å²) in [5.41, 5.74) is 0.0154. The van der Waals surface area contributed by atoms with Crippen LogP contribution >= 0.6 is 0 Å². The first-order valence-corrected chi connectivity index (χ1v) is 12.2. The number of carbonyl (C=O) groups is 1. The lowest BCUT2D eigenvalue weighted by atomic mass is 9.43. The van der Waals surface area contributed by atoms with Gasteiger partial charge in [0.15, 0.2) is 0 Å². The van der Waals surface area contributed by atoms with E-state index in [-0.39, 0.29) is 35.6 Å². The Morgan fingerprint density at radius 2 is 1.83 bits per heavy atom. The molecule has 0 aromatic rings. The summed E-state index contributed by atoms with van der Waals surface area (Å²) in [7, 11) is 1.84. The first-order chi connectivity index (χ1) is 14.1. The Morgan fingerprint density at radius 3 is 2.50 bits per heavy atom. The maximum atomic E-state index is 11.6. The molecule has 0 heterocycles. The zero-order valence-electron chi connectivity index (χ0n) is 19.2. The van der Waals surface area contributed by atoms with E-state index in [1.54, 1.807) is 0 Å². The fraction of sp³-hybridized carbons (Fsp3) is 0.960. The number of carboxylic acid groups (broad SMARTS) is 1. The van der Waals surface area contributed by atoms with Gasteiger partial charge in [0.05, 0.1) is 18.3 Å². The van der Waals surface area contributed by atoms with Gasteiger partial charge in [-0.25, -0.2) is 0 Å². The van der Waals surface area contributed by atoms with Crippen molar-refractivity contribution in [3.05, 3.63) is 0 Å². The highest BCUT2D eigenvalue weighted by atomic mass is 16.5. The zero-order valence-corrected chi connectivity index (χ0v) is 19.2. The van der Waals surface area contributed by atoms with Crippen molar-refractivity contribution in [3.63, 3.8) is 0 Å². The molecule has 0 aromatic carbocycles. The Morgan fingerprint density at radius 1 is 1.10 bits per heavy atom. The SMILES string of the molecule is COC1CC2CC(O)CCC2(C)C2CC(O)C3(C)C(C(C)CCC(=O)O)CCC3C12. The molecule has 0 aromatic heterocycles. The van der Waals surface area contributed by atoms with Crippen LogP contribution in [0.2, 0.25) is 0 Å². The lowest BCUT2D eigenvalue weighted by Crippen LogP contribution is -2.62. The number of ether oxygens (including phenoxy) is 1. The van der Waals surface area contributed by atoms with E-state index in [0.717, 1.165) is 44.9 Å². The van der Waals surface area contributed by atoms with Crippen molar-refractivity contribution in [2.45, 2.75) is 96.9 Å². The third-order valence-corrected chi connectivity index (χ3v) is 10.6. The van der Waals surface area contributed by atoms with E-state index in [9.17, 15) is 15.0 Å². The van der Waals surface area contributed by atoms with E-state index in [1.807, 2.05) is 7.11 Å². The van der Waals surface area contributed by atoms with Gasteiger partial charge in [-0.2, -0.15) is 0 Å². The highest BCUT2D eigenvalue weighted by Gasteiger charge is 2.65. The summed E-state index contributed by atoms with van der Waals surface area (Å²) in [5, 5.41) is 31.0. The van der Waals surface area contributed by atoms with Crippen LogP contribution in [0.5, 0.6) is 0 Å². The summed E-state index contributed by atoms with van der Waals surface area (Å²) in [6.45, 7) is 6.90. The molecule has 172 valence electrons. The molecule has 4 aliphatic rings. The second-order valence-electron chi connectivity index (χ2n) is 11.6. The highest BCUT2D eigenvalue weighted by Crippen LogP contribution is 2.68. The molecule has 0 aliphatic heterocycles. The van der Waals surface area contributed by atoms with Crippen molar-refractivity contribution in [1.29, 1.82) is 0 Å². The van der Waals surface area contributed by atoms with E-state index in [4.69, 9.17) is 9.84 Å². The molecule has 5 nitrogen and oxygen atoms in total. The fourth-order valence-corrected chi connectivity index (χ4v) is 8.91. The summed E-state index contributed by atoms with van der Waals surface area (Å²) in [6, 6.07) is 0. The Balaban J connectivity index is 1.63. The van der Waals surface area contributed by atoms with Crippen LogP contribution in [0.4, 0.5) is 0 Å². The molecule has 0 radical (unpaired) electrons. The molecule has 0 saturated heterocycles. The van der Waals surface area contributed by atoms with Gasteiger partial charge in [-0.05, 0) is 97.7 Å². The van der Waals surface area contributed by atoms with Crippen molar-refractivity contribution >= 4 is 5.97 Å². The van der Waals surface area contributed by atoms with Crippen LogP contribution in [0.3, 0.4) is 0 Å². The van der Waals surface area contributed by atoms with Gasteiger partial charge in [0.2, 0.25) is 0 Å². The summed E-state index contributed by atoms with van der Waals surface area (Å²) < 4.78 is 6.11. The minimum Gasteiger partial charge on any atom is -0.481 e. The minimum atomic E-state index is -0.726. The van der Waals surface area contributed by atoms with Gasteiger partial charge in [0.1, 0.15) is 0 Å². The number of methoxy groups -OCH3 is 1. The molecule has 4 saturated carbocycles. The summed E-state index contributed by atoms with van der Waals surface area (Å²) >= 11 is 0. The summed E-state index contributed by atoms with van der Waals surface area (Å²) in [5.74, 6) is 1.74. The van der Waals surface area contributed by atoms with E-state index < -0.39 is 5.97 Å². The Labute approximate surface area is 181 Å². The van der Waals surface area contributed by atoms with Gasteiger partial charge in [-0.3, -0.25) is 4.79 Å². The number of carboxylic acids is 1. The average molecular weight is 423 g/mol. The lowest BCUT2D eigenvalue weighted by Gasteiger charge is -2.64. The second-order valence-corrected chi connectivity index (χ2v) is 11.6. The van der Waals surface area contributed by atoms with Gasteiger partial charge >= 0.3 is 5.97 Å². The minimum absolute atomic E-state index is 0.159. The molecule has 11 unspecified atom stereocenters. The van der Waals surface area contributed by atoms with E-state index in [2.05, 4.69) is 20.8 Å². The molecule has 30 heavy (non-hydrogen) atoms. The van der Waals surface area contributed by atoms with Gasteiger partial charge < -0.3 is 20.1 Å². The predicted molar refractivity (Wildman–Crippen MR) is 115 cm³/mol. The molecule has 3 N–H and O–H groups in total. The number of aliphatic hydroxyl groups is 2. The van der Waals surface area contributed by atoms with Crippen molar-refractivity contribution in [3.8, 4) is 0 Å². The Hall–Kier alpha value is -0.650. The normalized spacial score (nSPS) is 51.5. The molecule has 4 aliphatic carbocycles. The average Bonchev–Trinajstić information content (AvgIpc) is 3.06. The van der Waals surface area contributed by atoms with Crippen LogP contribution in [0.25, 0.3) is 0 Å². The first kappa shape index (κ1) is 22.5. The van der Waals surface area contributed by atoms with E-state index in [0.29, 0.717) is 41.9 Å². The molecule has 0 spiro atoms. The van der Waals surface area contributed by atoms with Crippen LogP contribution in [0.15, 0.2) is 0 Å². The highest BCUT2D eigenvalue weighted by molar-refractivity contribution is 5.66. The predicted octanol–water partition coefficient (Wildman–Crippen LogP) is 4.10. The van der Waals surface area contributed by atoms with Crippen LogP contribution in [-0.4, -0.2) is 46.7 Å². The number of aliphatic carboxylic acids is 1. The van der Waals surface area contributed by atoms with Crippen LogP contribution in [0.1, 0.15) is 78.6 Å². The van der Waals surface area contributed by atoms with E-state index in [1.165, 1.54) is 0 Å². The van der Waals surface area contributed by atoms with Gasteiger partial charge in [-0.1, -0.05) is 20.8 Å². The number of fused-ring (bicyclic) bond motifs is 5. The summed E-state index contributed by atoms with van der Waals surface area (Å²) in [6.07, 6.45) is 7.39. The Kier molecular flexibility index (Phi) is 6.04. The third-order valence-electron chi connectivity index (χ3n) is 10.6.